The lowest BCUT2D eigenvalue weighted by atomic mass is 9.73. The van der Waals surface area contributed by atoms with E-state index in [2.05, 4.69) is 24.1 Å². The number of nitrogens with zero attached hydrogens (tertiary/aromatic N) is 1. The van der Waals surface area contributed by atoms with Crippen LogP contribution in [0.1, 0.15) is 33.6 Å². The maximum Gasteiger partial charge on any atom is 0.237 e. The molecule has 0 amide bonds. The number of hydrogen-bond donors (Lipinski definition) is 1. The van der Waals surface area contributed by atoms with E-state index in [-0.39, 0.29) is 0 Å². The van der Waals surface area contributed by atoms with Gasteiger partial charge < -0.3 is 10.1 Å². The van der Waals surface area contributed by atoms with Gasteiger partial charge >= 0.3 is 0 Å². The van der Waals surface area contributed by atoms with Gasteiger partial charge in [-0.25, -0.2) is 4.98 Å². The summed E-state index contributed by atoms with van der Waals surface area (Å²) in [6, 6.07) is 4.58. The SMILES string of the molecule is CCOc1ncccc1NC1CC(C(C)C)C1. The Morgan fingerprint density at radius 3 is 2.88 bits per heavy atom. The lowest BCUT2D eigenvalue weighted by Gasteiger charge is -2.39. The van der Waals surface area contributed by atoms with Crippen molar-refractivity contribution >= 4 is 5.69 Å². The summed E-state index contributed by atoms with van der Waals surface area (Å²) in [5.74, 6) is 2.40. The van der Waals surface area contributed by atoms with Gasteiger partial charge in [0.25, 0.3) is 0 Å². The van der Waals surface area contributed by atoms with Crippen molar-refractivity contribution in [3.8, 4) is 5.88 Å². The molecule has 1 aromatic heterocycles. The van der Waals surface area contributed by atoms with Gasteiger partial charge in [-0.1, -0.05) is 13.8 Å². The standard InChI is InChI=1S/C14H22N2O/c1-4-17-14-13(6-5-7-15-14)16-12-8-11(9-12)10(2)3/h5-7,10-12,16H,4,8-9H2,1-3H3. The summed E-state index contributed by atoms with van der Waals surface area (Å²) in [7, 11) is 0. The van der Waals surface area contributed by atoms with Gasteiger partial charge in [0.05, 0.1) is 12.3 Å². The number of nitrogens with one attached hydrogen (secondary N) is 1. The molecule has 0 atom stereocenters. The van der Waals surface area contributed by atoms with Gasteiger partial charge in [0.2, 0.25) is 5.88 Å². The highest BCUT2D eigenvalue weighted by Gasteiger charge is 2.31. The lowest BCUT2D eigenvalue weighted by Crippen LogP contribution is -2.38. The zero-order valence-corrected chi connectivity index (χ0v) is 10.9. The predicted molar refractivity (Wildman–Crippen MR) is 70.4 cm³/mol. The van der Waals surface area contributed by atoms with Crippen molar-refractivity contribution in [1.29, 1.82) is 0 Å². The number of anilines is 1. The summed E-state index contributed by atoms with van der Waals surface area (Å²) in [6.45, 7) is 7.24. The third kappa shape index (κ3) is 2.90. The summed E-state index contributed by atoms with van der Waals surface area (Å²) in [4.78, 5) is 4.25. The summed E-state index contributed by atoms with van der Waals surface area (Å²) < 4.78 is 5.51. The first-order valence-corrected chi connectivity index (χ1v) is 6.55. The van der Waals surface area contributed by atoms with E-state index in [0.29, 0.717) is 12.6 Å². The summed E-state index contributed by atoms with van der Waals surface area (Å²) in [5, 5.41) is 3.53. The molecule has 1 fully saturated rings. The van der Waals surface area contributed by atoms with Gasteiger partial charge in [-0.3, -0.25) is 0 Å². The Bertz CT molecular complexity index is 359. The maximum absolute atomic E-state index is 5.51. The molecule has 17 heavy (non-hydrogen) atoms. The molecule has 0 unspecified atom stereocenters. The van der Waals surface area contributed by atoms with Crippen molar-refractivity contribution < 1.29 is 4.74 Å². The molecule has 94 valence electrons. The molecule has 1 aromatic rings. The van der Waals surface area contributed by atoms with Crippen LogP contribution in [0.2, 0.25) is 0 Å². The number of aromatic nitrogens is 1. The van der Waals surface area contributed by atoms with Crippen molar-refractivity contribution in [3.63, 3.8) is 0 Å². The number of rotatable bonds is 5. The van der Waals surface area contributed by atoms with Crippen LogP contribution in [0.5, 0.6) is 5.88 Å². The van der Waals surface area contributed by atoms with Gasteiger partial charge in [-0.15, -0.1) is 0 Å². The minimum atomic E-state index is 0.589. The first-order valence-electron chi connectivity index (χ1n) is 6.55. The van der Waals surface area contributed by atoms with E-state index in [4.69, 9.17) is 4.74 Å². The number of hydrogen-bond acceptors (Lipinski definition) is 3. The van der Waals surface area contributed by atoms with E-state index in [9.17, 15) is 0 Å². The van der Waals surface area contributed by atoms with Gasteiger partial charge in [0.15, 0.2) is 0 Å². The molecule has 1 N–H and O–H groups in total. The van der Waals surface area contributed by atoms with Crippen LogP contribution in [0.3, 0.4) is 0 Å². The zero-order chi connectivity index (χ0) is 12.3. The molecule has 0 spiro atoms. The fourth-order valence-electron chi connectivity index (χ4n) is 2.30. The Labute approximate surface area is 104 Å². The normalized spacial score (nSPS) is 23.3. The third-order valence-electron chi connectivity index (χ3n) is 3.53. The van der Waals surface area contributed by atoms with Crippen LogP contribution in [0.4, 0.5) is 5.69 Å². The number of ether oxygens (including phenoxy) is 1. The Hall–Kier alpha value is -1.25. The minimum absolute atomic E-state index is 0.589. The largest absolute Gasteiger partial charge is 0.476 e. The highest BCUT2D eigenvalue weighted by atomic mass is 16.5. The molecule has 3 heteroatoms. The van der Waals surface area contributed by atoms with Gasteiger partial charge in [0.1, 0.15) is 0 Å². The smallest absolute Gasteiger partial charge is 0.237 e. The van der Waals surface area contributed by atoms with Crippen molar-refractivity contribution in [2.24, 2.45) is 11.8 Å². The molecule has 0 aliphatic heterocycles. The van der Waals surface area contributed by atoms with Crippen LogP contribution in [-0.4, -0.2) is 17.6 Å². The van der Waals surface area contributed by atoms with Crippen LogP contribution in [-0.2, 0) is 0 Å². The van der Waals surface area contributed by atoms with Crippen molar-refractivity contribution in [2.45, 2.75) is 39.7 Å². The second-order valence-electron chi connectivity index (χ2n) is 5.11. The zero-order valence-electron chi connectivity index (χ0n) is 10.9. The van der Waals surface area contributed by atoms with Gasteiger partial charge in [0, 0.05) is 12.2 Å². The fourth-order valence-corrected chi connectivity index (χ4v) is 2.30. The summed E-state index contributed by atoms with van der Waals surface area (Å²) >= 11 is 0. The van der Waals surface area contributed by atoms with Gasteiger partial charge in [-0.05, 0) is 43.7 Å². The van der Waals surface area contributed by atoms with E-state index in [1.807, 2.05) is 19.1 Å². The van der Waals surface area contributed by atoms with Crippen molar-refractivity contribution in [3.05, 3.63) is 18.3 Å². The van der Waals surface area contributed by atoms with E-state index in [1.165, 1.54) is 12.8 Å². The molecule has 0 aromatic carbocycles. The Morgan fingerprint density at radius 2 is 2.24 bits per heavy atom. The first-order chi connectivity index (χ1) is 8.20. The molecule has 0 saturated heterocycles. The van der Waals surface area contributed by atoms with Gasteiger partial charge in [-0.2, -0.15) is 0 Å². The van der Waals surface area contributed by atoms with Crippen molar-refractivity contribution in [2.75, 3.05) is 11.9 Å². The highest BCUT2D eigenvalue weighted by Crippen LogP contribution is 2.36. The van der Waals surface area contributed by atoms with Crippen LogP contribution >= 0.6 is 0 Å². The lowest BCUT2D eigenvalue weighted by molar-refractivity contribution is 0.211. The third-order valence-corrected chi connectivity index (χ3v) is 3.53. The predicted octanol–water partition coefficient (Wildman–Crippen LogP) is 3.33. The monoisotopic (exact) mass is 234 g/mol. The quantitative estimate of drug-likeness (QED) is 0.848. The second-order valence-corrected chi connectivity index (χ2v) is 5.11. The van der Waals surface area contributed by atoms with Crippen molar-refractivity contribution in [1.82, 2.24) is 4.98 Å². The molecule has 1 aliphatic carbocycles. The summed E-state index contributed by atoms with van der Waals surface area (Å²) in [5.41, 5.74) is 1.03. The molecule has 0 bridgehead atoms. The average molecular weight is 234 g/mol. The maximum atomic E-state index is 5.51. The molecule has 3 nitrogen and oxygen atoms in total. The van der Waals surface area contributed by atoms with Crippen LogP contribution in [0, 0.1) is 11.8 Å². The molecule has 1 heterocycles. The Balaban J connectivity index is 1.91. The van der Waals surface area contributed by atoms with E-state index in [1.54, 1.807) is 6.20 Å². The fraction of sp³-hybridized carbons (Fsp3) is 0.643. The highest BCUT2D eigenvalue weighted by molar-refractivity contribution is 5.53. The Kier molecular flexibility index (Phi) is 3.87. The molecule has 0 radical (unpaired) electrons. The first kappa shape index (κ1) is 12.2. The van der Waals surface area contributed by atoms with Crippen LogP contribution < -0.4 is 10.1 Å². The van der Waals surface area contributed by atoms with E-state index in [0.717, 1.165) is 23.4 Å². The summed E-state index contributed by atoms with van der Waals surface area (Å²) in [6.07, 6.45) is 4.30. The molecular formula is C14H22N2O. The van der Waals surface area contributed by atoms with Crippen LogP contribution in [0.15, 0.2) is 18.3 Å². The molecular weight excluding hydrogens is 212 g/mol. The second kappa shape index (κ2) is 5.39. The molecule has 1 aliphatic rings. The molecule has 1 saturated carbocycles. The van der Waals surface area contributed by atoms with E-state index < -0.39 is 0 Å². The minimum Gasteiger partial charge on any atom is -0.476 e. The number of pyridine rings is 1. The average Bonchev–Trinajstić information content (AvgIpc) is 2.24. The Morgan fingerprint density at radius 1 is 1.47 bits per heavy atom. The van der Waals surface area contributed by atoms with E-state index >= 15 is 0 Å². The topological polar surface area (TPSA) is 34.1 Å². The molecule has 2 rings (SSSR count). The van der Waals surface area contributed by atoms with Crippen LogP contribution in [0.25, 0.3) is 0 Å².